The standard InChI is InChI=1S/C23H21ClF4N4O4/c1-3-30-18(11-33)29-32(22(30)35)14-9-13-7-8-31(21(34)19-15(24)5-4-6-16(19)25)20(13)17(10-14)36-12(2)23(26,27)28/h4-6,9-10,12,33H,3,7-8,11H2,1-2H3/t12-/m0/s1. The highest BCUT2D eigenvalue weighted by Crippen LogP contribution is 2.42. The van der Waals surface area contributed by atoms with Crippen molar-refractivity contribution in [1.82, 2.24) is 14.3 Å². The van der Waals surface area contributed by atoms with Crippen LogP contribution in [0.5, 0.6) is 5.75 Å². The zero-order chi connectivity index (χ0) is 26.4. The van der Waals surface area contributed by atoms with E-state index in [-0.39, 0.29) is 47.5 Å². The maximum atomic E-state index is 14.5. The lowest BCUT2D eigenvalue weighted by atomic mass is 10.1. The molecule has 0 fully saturated rings. The summed E-state index contributed by atoms with van der Waals surface area (Å²) in [7, 11) is 0. The maximum absolute atomic E-state index is 14.5. The number of ether oxygens (including phenoxy) is 1. The van der Waals surface area contributed by atoms with Crippen LogP contribution in [0.4, 0.5) is 23.2 Å². The fourth-order valence-electron chi connectivity index (χ4n) is 4.04. The van der Waals surface area contributed by atoms with E-state index >= 15 is 0 Å². The Hall–Kier alpha value is -3.38. The highest BCUT2D eigenvalue weighted by atomic mass is 35.5. The molecule has 2 aromatic carbocycles. The molecule has 1 aliphatic rings. The van der Waals surface area contributed by atoms with E-state index in [0.29, 0.717) is 5.56 Å². The average Bonchev–Trinajstić information content (AvgIpc) is 3.38. The summed E-state index contributed by atoms with van der Waals surface area (Å²) in [5.41, 5.74) is -0.536. The molecule has 1 aromatic heterocycles. The van der Waals surface area contributed by atoms with Crippen molar-refractivity contribution in [2.75, 3.05) is 11.4 Å². The van der Waals surface area contributed by atoms with Gasteiger partial charge in [0, 0.05) is 19.2 Å². The first kappa shape index (κ1) is 25.7. The molecule has 0 spiro atoms. The van der Waals surface area contributed by atoms with Crippen LogP contribution in [-0.2, 0) is 19.6 Å². The summed E-state index contributed by atoms with van der Waals surface area (Å²) >= 11 is 6.04. The molecule has 1 N–H and O–H groups in total. The minimum atomic E-state index is -4.73. The van der Waals surface area contributed by atoms with Gasteiger partial charge >= 0.3 is 11.9 Å². The van der Waals surface area contributed by atoms with Gasteiger partial charge in [-0.25, -0.2) is 9.18 Å². The number of anilines is 1. The van der Waals surface area contributed by atoms with Gasteiger partial charge in [-0.05, 0) is 44.0 Å². The van der Waals surface area contributed by atoms with Gasteiger partial charge in [-0.15, -0.1) is 5.10 Å². The van der Waals surface area contributed by atoms with Crippen molar-refractivity contribution in [2.24, 2.45) is 0 Å². The van der Waals surface area contributed by atoms with Crippen molar-refractivity contribution in [1.29, 1.82) is 0 Å². The highest BCUT2D eigenvalue weighted by molar-refractivity contribution is 6.34. The van der Waals surface area contributed by atoms with Crippen molar-refractivity contribution >= 4 is 23.2 Å². The van der Waals surface area contributed by atoms with Crippen molar-refractivity contribution in [3.63, 3.8) is 0 Å². The Morgan fingerprint density at radius 1 is 1.31 bits per heavy atom. The lowest BCUT2D eigenvalue weighted by Gasteiger charge is -2.24. The summed E-state index contributed by atoms with van der Waals surface area (Å²) in [4.78, 5) is 27.2. The lowest BCUT2D eigenvalue weighted by Crippen LogP contribution is -2.33. The first-order chi connectivity index (χ1) is 17.0. The van der Waals surface area contributed by atoms with Gasteiger partial charge in [-0.1, -0.05) is 17.7 Å². The maximum Gasteiger partial charge on any atom is 0.425 e. The Balaban J connectivity index is 1.88. The zero-order valence-electron chi connectivity index (χ0n) is 19.1. The highest BCUT2D eigenvalue weighted by Gasteiger charge is 2.40. The van der Waals surface area contributed by atoms with Crippen LogP contribution in [0, 0.1) is 5.82 Å². The molecule has 1 amide bonds. The number of aliphatic hydroxyl groups excluding tert-OH is 1. The molecule has 0 unspecified atom stereocenters. The summed E-state index contributed by atoms with van der Waals surface area (Å²) in [6, 6.07) is 6.36. The minimum absolute atomic E-state index is 0.0131. The van der Waals surface area contributed by atoms with Gasteiger partial charge in [-0.2, -0.15) is 17.9 Å². The number of alkyl halides is 3. The van der Waals surface area contributed by atoms with Crippen LogP contribution in [-0.4, -0.2) is 44.2 Å². The van der Waals surface area contributed by atoms with E-state index in [9.17, 15) is 32.3 Å². The van der Waals surface area contributed by atoms with Crippen molar-refractivity contribution in [2.45, 2.75) is 45.7 Å². The van der Waals surface area contributed by atoms with E-state index in [0.717, 1.165) is 28.6 Å². The van der Waals surface area contributed by atoms with Gasteiger partial charge in [0.15, 0.2) is 11.9 Å². The number of carbonyl (C=O) groups excluding carboxylic acids is 1. The van der Waals surface area contributed by atoms with E-state index in [2.05, 4.69) is 5.10 Å². The second-order valence-corrected chi connectivity index (χ2v) is 8.48. The summed E-state index contributed by atoms with van der Waals surface area (Å²) in [6.45, 7) is 2.17. The number of nitrogens with zero attached hydrogens (tertiary/aromatic N) is 4. The summed E-state index contributed by atoms with van der Waals surface area (Å²) in [5.74, 6) is -1.99. The molecule has 0 bridgehead atoms. The van der Waals surface area contributed by atoms with Gasteiger partial charge in [-0.3, -0.25) is 9.36 Å². The third-order valence-electron chi connectivity index (χ3n) is 5.84. The van der Waals surface area contributed by atoms with Gasteiger partial charge < -0.3 is 14.7 Å². The van der Waals surface area contributed by atoms with Gasteiger partial charge in [0.25, 0.3) is 5.91 Å². The van der Waals surface area contributed by atoms with E-state index in [1.54, 1.807) is 6.92 Å². The largest absolute Gasteiger partial charge is 0.479 e. The van der Waals surface area contributed by atoms with Crippen LogP contribution in [0.1, 0.15) is 35.6 Å². The van der Waals surface area contributed by atoms with Crippen LogP contribution >= 0.6 is 11.6 Å². The molecular formula is C23H21ClF4N4O4. The predicted molar refractivity (Wildman–Crippen MR) is 122 cm³/mol. The number of halogens is 5. The third-order valence-corrected chi connectivity index (χ3v) is 6.16. The van der Waals surface area contributed by atoms with Gasteiger partial charge in [0.2, 0.25) is 0 Å². The fraction of sp³-hybridized carbons (Fsp3) is 0.348. The number of carbonyl (C=O) groups is 1. The molecule has 1 aliphatic heterocycles. The molecule has 8 nitrogen and oxygen atoms in total. The molecule has 0 saturated carbocycles. The molecule has 192 valence electrons. The number of rotatable bonds is 6. The van der Waals surface area contributed by atoms with Gasteiger partial charge in [0.05, 0.1) is 22.0 Å². The van der Waals surface area contributed by atoms with Crippen molar-refractivity contribution in [3.05, 3.63) is 68.6 Å². The topological polar surface area (TPSA) is 89.6 Å². The Kier molecular flexibility index (Phi) is 6.84. The normalized spacial score (nSPS) is 14.2. The number of aliphatic hydroxyl groups is 1. The van der Waals surface area contributed by atoms with E-state index in [1.165, 1.54) is 22.8 Å². The second-order valence-electron chi connectivity index (χ2n) is 8.07. The number of fused-ring (bicyclic) bond motifs is 1. The van der Waals surface area contributed by atoms with Crippen LogP contribution < -0.4 is 15.3 Å². The summed E-state index contributed by atoms with van der Waals surface area (Å²) < 4.78 is 62.0. The molecule has 1 atom stereocenters. The van der Waals surface area contributed by atoms with E-state index < -0.39 is 41.9 Å². The molecule has 0 aliphatic carbocycles. The average molecular weight is 529 g/mol. The monoisotopic (exact) mass is 528 g/mol. The van der Waals surface area contributed by atoms with Crippen molar-refractivity contribution in [3.8, 4) is 11.4 Å². The summed E-state index contributed by atoms with van der Waals surface area (Å²) in [5, 5.41) is 13.5. The number of hydrogen-bond acceptors (Lipinski definition) is 5. The Bertz CT molecular complexity index is 1370. The Morgan fingerprint density at radius 3 is 2.61 bits per heavy atom. The minimum Gasteiger partial charge on any atom is -0.479 e. The predicted octanol–water partition coefficient (Wildman–Crippen LogP) is 3.87. The molecule has 36 heavy (non-hydrogen) atoms. The quantitative estimate of drug-likeness (QED) is 0.491. The second kappa shape index (κ2) is 9.58. The SMILES string of the molecule is CCn1c(CO)nn(-c2cc3c(c(O[C@@H](C)C(F)(F)F)c2)N(C(=O)c2c(F)cccc2Cl)CC3)c1=O. The third kappa shape index (κ3) is 4.46. The first-order valence-electron chi connectivity index (χ1n) is 10.9. The molecule has 0 saturated heterocycles. The molecule has 2 heterocycles. The fourth-order valence-corrected chi connectivity index (χ4v) is 4.28. The molecule has 4 rings (SSSR count). The molecule has 13 heteroatoms. The van der Waals surface area contributed by atoms with Crippen LogP contribution in [0.3, 0.4) is 0 Å². The first-order valence-corrected chi connectivity index (χ1v) is 11.3. The number of hydrogen-bond donors (Lipinski definition) is 1. The van der Waals surface area contributed by atoms with E-state index in [1.807, 2.05) is 0 Å². The van der Waals surface area contributed by atoms with Crippen LogP contribution in [0.2, 0.25) is 5.02 Å². The molecule has 3 aromatic rings. The number of aromatic nitrogens is 3. The van der Waals surface area contributed by atoms with Crippen molar-refractivity contribution < 1.29 is 32.2 Å². The van der Waals surface area contributed by atoms with E-state index in [4.69, 9.17) is 16.3 Å². The Labute approximate surface area is 207 Å². The van der Waals surface area contributed by atoms with Gasteiger partial charge in [0.1, 0.15) is 18.2 Å². The van der Waals surface area contributed by atoms with Crippen LogP contribution in [0.25, 0.3) is 5.69 Å². The Morgan fingerprint density at radius 2 is 2.03 bits per heavy atom. The number of benzene rings is 2. The molecular weight excluding hydrogens is 508 g/mol. The zero-order valence-corrected chi connectivity index (χ0v) is 19.9. The molecule has 0 radical (unpaired) electrons. The smallest absolute Gasteiger partial charge is 0.425 e. The summed E-state index contributed by atoms with van der Waals surface area (Å²) in [6.07, 6.45) is -6.80. The van der Waals surface area contributed by atoms with Crippen LogP contribution in [0.15, 0.2) is 35.1 Å². The number of amides is 1. The lowest BCUT2D eigenvalue weighted by molar-refractivity contribution is -0.189.